The van der Waals surface area contributed by atoms with Gasteiger partial charge in [-0.15, -0.1) is 5.10 Å². The molecule has 2 aromatic carbocycles. The monoisotopic (exact) mass is 388 g/mol. The van der Waals surface area contributed by atoms with Crippen LogP contribution in [0.1, 0.15) is 0 Å². The van der Waals surface area contributed by atoms with Gasteiger partial charge in [0.05, 0.1) is 16.3 Å². The van der Waals surface area contributed by atoms with Crippen LogP contribution in [0.25, 0.3) is 11.4 Å². The maximum absolute atomic E-state index is 12.1. The highest BCUT2D eigenvalue weighted by atomic mass is 32.2. The number of carbonyl (C=O) groups excluding carboxylic acids is 1. The first kappa shape index (κ1) is 18.2. The Morgan fingerprint density at radius 2 is 1.81 bits per heavy atom. The van der Waals surface area contributed by atoms with E-state index in [-0.39, 0.29) is 22.2 Å². The normalized spacial score (nSPS) is 11.3. The predicted molar refractivity (Wildman–Crippen MR) is 101 cm³/mol. The van der Waals surface area contributed by atoms with Gasteiger partial charge < -0.3 is 5.32 Å². The van der Waals surface area contributed by atoms with Crippen molar-refractivity contribution in [1.82, 2.24) is 15.2 Å². The number of nitrogens with one attached hydrogen (secondary N) is 2. The van der Waals surface area contributed by atoms with Gasteiger partial charge in [-0.2, -0.15) is 0 Å². The van der Waals surface area contributed by atoms with Gasteiger partial charge in [-0.3, -0.25) is 9.89 Å². The molecule has 3 rings (SSSR count). The summed E-state index contributed by atoms with van der Waals surface area (Å²) in [7, 11) is -3.42. The SMILES string of the molecule is CS(=O)(=O)c1ccccc1NC(=O)CSc1n[nH]c(-c2ccccc2)n1. The highest BCUT2D eigenvalue weighted by Gasteiger charge is 2.15. The van der Waals surface area contributed by atoms with Crippen molar-refractivity contribution < 1.29 is 13.2 Å². The number of carbonyl (C=O) groups is 1. The van der Waals surface area contributed by atoms with E-state index < -0.39 is 9.84 Å². The van der Waals surface area contributed by atoms with E-state index in [1.54, 1.807) is 18.2 Å². The second-order valence-electron chi connectivity index (χ2n) is 5.44. The molecular weight excluding hydrogens is 372 g/mol. The zero-order chi connectivity index (χ0) is 18.6. The molecule has 0 saturated carbocycles. The maximum Gasteiger partial charge on any atom is 0.234 e. The van der Waals surface area contributed by atoms with Crippen molar-refractivity contribution >= 4 is 33.2 Å². The van der Waals surface area contributed by atoms with Gasteiger partial charge in [0.25, 0.3) is 0 Å². The van der Waals surface area contributed by atoms with Crippen LogP contribution < -0.4 is 5.32 Å². The number of benzene rings is 2. The Morgan fingerprint density at radius 1 is 1.12 bits per heavy atom. The summed E-state index contributed by atoms with van der Waals surface area (Å²) < 4.78 is 23.5. The number of hydrogen-bond donors (Lipinski definition) is 2. The van der Waals surface area contributed by atoms with E-state index in [1.165, 1.54) is 6.07 Å². The standard InChI is InChI=1S/C17H16N4O3S2/c1-26(23,24)14-10-6-5-9-13(14)18-15(22)11-25-17-19-16(20-21-17)12-7-3-2-4-8-12/h2-10H,11H2,1H3,(H,18,22)(H,19,20,21). The Labute approximate surface area is 155 Å². The summed E-state index contributed by atoms with van der Waals surface area (Å²) in [5, 5.41) is 9.97. The molecule has 0 atom stereocenters. The lowest BCUT2D eigenvalue weighted by molar-refractivity contribution is -0.113. The maximum atomic E-state index is 12.1. The first-order valence-corrected chi connectivity index (χ1v) is 10.5. The number of hydrogen-bond acceptors (Lipinski definition) is 6. The molecule has 3 aromatic rings. The molecule has 2 N–H and O–H groups in total. The molecule has 0 bridgehead atoms. The number of thioether (sulfide) groups is 1. The highest BCUT2D eigenvalue weighted by Crippen LogP contribution is 2.22. The minimum atomic E-state index is -3.42. The van der Waals surface area contributed by atoms with Crippen LogP contribution in [0.2, 0.25) is 0 Å². The zero-order valence-corrected chi connectivity index (χ0v) is 15.5. The van der Waals surface area contributed by atoms with Crippen molar-refractivity contribution in [3.05, 3.63) is 54.6 Å². The lowest BCUT2D eigenvalue weighted by atomic mass is 10.2. The Bertz CT molecular complexity index is 1020. The molecule has 0 aliphatic rings. The minimum Gasteiger partial charge on any atom is -0.324 e. The summed E-state index contributed by atoms with van der Waals surface area (Å²) in [5.41, 5.74) is 1.17. The largest absolute Gasteiger partial charge is 0.324 e. The van der Waals surface area contributed by atoms with Crippen LogP contribution in [0.3, 0.4) is 0 Å². The molecule has 1 amide bonds. The van der Waals surface area contributed by atoms with Crippen molar-refractivity contribution in [2.45, 2.75) is 10.1 Å². The lowest BCUT2D eigenvalue weighted by Crippen LogP contribution is -2.16. The molecule has 134 valence electrons. The molecule has 0 fully saturated rings. The van der Waals surface area contributed by atoms with Crippen LogP contribution in [0.15, 0.2) is 64.6 Å². The average Bonchev–Trinajstić information content (AvgIpc) is 3.09. The van der Waals surface area contributed by atoms with Gasteiger partial charge in [-0.1, -0.05) is 54.2 Å². The second-order valence-corrected chi connectivity index (χ2v) is 8.36. The van der Waals surface area contributed by atoms with E-state index in [0.29, 0.717) is 11.0 Å². The average molecular weight is 388 g/mol. The molecule has 0 unspecified atom stereocenters. The molecule has 26 heavy (non-hydrogen) atoms. The Kier molecular flexibility index (Phi) is 5.38. The summed E-state index contributed by atoms with van der Waals surface area (Å²) in [4.78, 5) is 16.6. The fourth-order valence-corrected chi connectivity index (χ4v) is 3.69. The molecular formula is C17H16N4O3S2. The van der Waals surface area contributed by atoms with Crippen LogP contribution in [0, 0.1) is 0 Å². The highest BCUT2D eigenvalue weighted by molar-refractivity contribution is 7.99. The van der Waals surface area contributed by atoms with E-state index in [1.807, 2.05) is 30.3 Å². The quantitative estimate of drug-likeness (QED) is 0.629. The molecule has 0 aliphatic carbocycles. The summed E-state index contributed by atoms with van der Waals surface area (Å²) in [6.07, 6.45) is 1.10. The molecule has 0 spiro atoms. The van der Waals surface area contributed by atoms with Gasteiger partial charge in [0.2, 0.25) is 11.1 Å². The third-order valence-corrected chi connectivity index (χ3v) is 5.41. The Morgan fingerprint density at radius 3 is 2.54 bits per heavy atom. The Hall–Kier alpha value is -2.65. The van der Waals surface area contributed by atoms with Gasteiger partial charge in [-0.25, -0.2) is 13.4 Å². The third-order valence-electron chi connectivity index (χ3n) is 3.41. The van der Waals surface area contributed by atoms with Crippen LogP contribution in [0.4, 0.5) is 5.69 Å². The van der Waals surface area contributed by atoms with Gasteiger partial charge in [0.1, 0.15) is 0 Å². The number of sulfone groups is 1. The lowest BCUT2D eigenvalue weighted by Gasteiger charge is -2.08. The summed E-state index contributed by atoms with van der Waals surface area (Å²) in [5.74, 6) is 0.345. The number of rotatable bonds is 6. The van der Waals surface area contributed by atoms with Crippen LogP contribution in [0.5, 0.6) is 0 Å². The van der Waals surface area contributed by atoms with Crippen LogP contribution >= 0.6 is 11.8 Å². The number of para-hydroxylation sites is 1. The smallest absolute Gasteiger partial charge is 0.234 e. The number of amides is 1. The van der Waals surface area contributed by atoms with E-state index in [4.69, 9.17) is 0 Å². The van der Waals surface area contributed by atoms with Gasteiger partial charge in [0, 0.05) is 11.8 Å². The first-order chi connectivity index (χ1) is 12.4. The summed E-state index contributed by atoms with van der Waals surface area (Å²) in [6, 6.07) is 15.8. The van der Waals surface area contributed by atoms with Crippen molar-refractivity contribution in [2.75, 3.05) is 17.3 Å². The summed E-state index contributed by atoms with van der Waals surface area (Å²) in [6.45, 7) is 0. The number of nitrogens with zero attached hydrogens (tertiary/aromatic N) is 2. The third kappa shape index (κ3) is 4.50. The molecule has 1 aromatic heterocycles. The molecule has 9 heteroatoms. The molecule has 0 aliphatic heterocycles. The fraction of sp³-hybridized carbons (Fsp3) is 0.118. The van der Waals surface area contributed by atoms with Crippen molar-refractivity contribution in [3.8, 4) is 11.4 Å². The van der Waals surface area contributed by atoms with Gasteiger partial charge in [-0.05, 0) is 12.1 Å². The molecule has 0 radical (unpaired) electrons. The van der Waals surface area contributed by atoms with Crippen LogP contribution in [-0.4, -0.2) is 41.5 Å². The van der Waals surface area contributed by atoms with E-state index in [0.717, 1.165) is 23.6 Å². The van der Waals surface area contributed by atoms with E-state index in [2.05, 4.69) is 20.5 Å². The fourth-order valence-electron chi connectivity index (χ4n) is 2.25. The van der Waals surface area contributed by atoms with Crippen molar-refractivity contribution in [3.63, 3.8) is 0 Å². The molecule has 0 saturated heterocycles. The minimum absolute atomic E-state index is 0.0597. The zero-order valence-electron chi connectivity index (χ0n) is 13.8. The van der Waals surface area contributed by atoms with E-state index in [9.17, 15) is 13.2 Å². The van der Waals surface area contributed by atoms with Crippen LogP contribution in [-0.2, 0) is 14.6 Å². The van der Waals surface area contributed by atoms with Gasteiger partial charge in [0.15, 0.2) is 15.7 Å². The molecule has 7 nitrogen and oxygen atoms in total. The predicted octanol–water partition coefficient (Wildman–Crippen LogP) is 2.61. The van der Waals surface area contributed by atoms with E-state index >= 15 is 0 Å². The van der Waals surface area contributed by atoms with Crippen molar-refractivity contribution in [1.29, 1.82) is 0 Å². The van der Waals surface area contributed by atoms with Gasteiger partial charge >= 0.3 is 0 Å². The second kappa shape index (κ2) is 7.71. The number of H-pyrrole nitrogens is 1. The molecule has 1 heterocycles. The number of aromatic nitrogens is 3. The topological polar surface area (TPSA) is 105 Å². The van der Waals surface area contributed by atoms with Crippen molar-refractivity contribution in [2.24, 2.45) is 0 Å². The summed E-state index contributed by atoms with van der Waals surface area (Å²) >= 11 is 1.16. The number of aromatic amines is 1. The Balaban J connectivity index is 1.63. The number of anilines is 1. The first-order valence-electron chi connectivity index (χ1n) is 7.63.